The van der Waals surface area contributed by atoms with Crippen molar-refractivity contribution < 1.29 is 37.9 Å². The van der Waals surface area contributed by atoms with Crippen LogP contribution in [0.1, 0.15) is 187 Å². The van der Waals surface area contributed by atoms with Crippen molar-refractivity contribution in [2.75, 3.05) is 13.2 Å². The molecule has 8 nitrogen and oxygen atoms in total. The van der Waals surface area contributed by atoms with Crippen LogP contribution >= 0.6 is 7.82 Å². The SMILES string of the molecule is CCCCCC/C=C\CCCCCCCC(=O)OC[C@H](COP(=O)(O)O)OC(=O)CCCCCCCCCCCCCCCC. The molecular weight excluding hydrogens is 591 g/mol. The van der Waals surface area contributed by atoms with E-state index >= 15 is 0 Å². The molecule has 0 aromatic heterocycles. The summed E-state index contributed by atoms with van der Waals surface area (Å²) in [4.78, 5) is 42.6. The van der Waals surface area contributed by atoms with Crippen LogP contribution < -0.4 is 0 Å². The maximum Gasteiger partial charge on any atom is 0.469 e. The first-order chi connectivity index (χ1) is 21.8. The molecule has 1 atom stereocenters. The molecule has 9 heteroatoms. The molecular formula is C36H69O8P. The first-order valence-corrected chi connectivity index (χ1v) is 20.0. The monoisotopic (exact) mass is 660 g/mol. The van der Waals surface area contributed by atoms with Crippen LogP contribution in [0.2, 0.25) is 0 Å². The highest BCUT2D eigenvalue weighted by Crippen LogP contribution is 2.36. The lowest BCUT2D eigenvalue weighted by molar-refractivity contribution is -0.161. The van der Waals surface area contributed by atoms with E-state index in [0.717, 1.165) is 51.4 Å². The van der Waals surface area contributed by atoms with Crippen molar-refractivity contribution in [3.05, 3.63) is 12.2 Å². The van der Waals surface area contributed by atoms with Gasteiger partial charge in [-0.25, -0.2) is 4.57 Å². The average Bonchev–Trinajstić information content (AvgIpc) is 3.00. The maximum absolute atomic E-state index is 12.3. The summed E-state index contributed by atoms with van der Waals surface area (Å²) in [7, 11) is -4.74. The van der Waals surface area contributed by atoms with E-state index in [1.54, 1.807) is 0 Å². The number of ether oxygens (including phenoxy) is 2. The number of hydrogen-bond acceptors (Lipinski definition) is 6. The molecule has 0 spiro atoms. The van der Waals surface area contributed by atoms with Gasteiger partial charge in [-0.2, -0.15) is 0 Å². The number of esters is 2. The van der Waals surface area contributed by atoms with Gasteiger partial charge in [0.1, 0.15) is 6.61 Å². The smallest absolute Gasteiger partial charge is 0.462 e. The minimum absolute atomic E-state index is 0.215. The Morgan fingerprint density at radius 3 is 1.38 bits per heavy atom. The first kappa shape index (κ1) is 43.8. The van der Waals surface area contributed by atoms with Gasteiger partial charge in [0.2, 0.25) is 0 Å². The van der Waals surface area contributed by atoms with Crippen molar-refractivity contribution in [3.63, 3.8) is 0 Å². The van der Waals surface area contributed by atoms with E-state index in [0.29, 0.717) is 12.8 Å². The van der Waals surface area contributed by atoms with Gasteiger partial charge < -0.3 is 19.3 Å². The fourth-order valence-corrected chi connectivity index (χ4v) is 5.61. The second-order valence-corrected chi connectivity index (χ2v) is 13.8. The number of allylic oxidation sites excluding steroid dienone is 2. The molecule has 0 saturated carbocycles. The molecule has 0 saturated heterocycles. The van der Waals surface area contributed by atoms with Gasteiger partial charge in [0, 0.05) is 12.8 Å². The van der Waals surface area contributed by atoms with E-state index in [1.807, 2.05) is 0 Å². The van der Waals surface area contributed by atoms with Crippen molar-refractivity contribution in [3.8, 4) is 0 Å². The van der Waals surface area contributed by atoms with Gasteiger partial charge >= 0.3 is 19.8 Å². The zero-order valence-corrected chi connectivity index (χ0v) is 29.9. The molecule has 0 amide bonds. The zero-order valence-electron chi connectivity index (χ0n) is 29.0. The summed E-state index contributed by atoms with van der Waals surface area (Å²) in [6.07, 6.45) is 33.6. The van der Waals surface area contributed by atoms with E-state index < -0.39 is 32.5 Å². The Bertz CT molecular complexity index is 751. The summed E-state index contributed by atoms with van der Waals surface area (Å²) in [5, 5.41) is 0. The van der Waals surface area contributed by atoms with Crippen LogP contribution in [0.5, 0.6) is 0 Å². The number of carbonyl (C=O) groups is 2. The lowest BCUT2D eigenvalue weighted by atomic mass is 10.0. The van der Waals surface area contributed by atoms with Crippen LogP contribution in [0.15, 0.2) is 12.2 Å². The summed E-state index contributed by atoms with van der Waals surface area (Å²) < 4.78 is 26.3. The second kappa shape index (κ2) is 32.7. The molecule has 0 aromatic rings. The van der Waals surface area contributed by atoms with Crippen molar-refractivity contribution in [1.82, 2.24) is 0 Å². The van der Waals surface area contributed by atoms with E-state index in [-0.39, 0.29) is 19.4 Å². The zero-order chi connectivity index (χ0) is 33.3. The van der Waals surface area contributed by atoms with Gasteiger partial charge in [0.25, 0.3) is 0 Å². The molecule has 0 aliphatic rings. The minimum Gasteiger partial charge on any atom is -0.462 e. The lowest BCUT2D eigenvalue weighted by Gasteiger charge is -2.18. The van der Waals surface area contributed by atoms with Crippen LogP contribution in [0.3, 0.4) is 0 Å². The third-order valence-corrected chi connectivity index (χ3v) is 8.52. The molecule has 0 rings (SSSR count). The number of phosphoric ester groups is 1. The topological polar surface area (TPSA) is 119 Å². The Morgan fingerprint density at radius 1 is 0.556 bits per heavy atom. The van der Waals surface area contributed by atoms with Crippen LogP contribution in [0, 0.1) is 0 Å². The van der Waals surface area contributed by atoms with Crippen molar-refractivity contribution >= 4 is 19.8 Å². The van der Waals surface area contributed by atoms with E-state index in [2.05, 4.69) is 30.5 Å². The predicted molar refractivity (Wildman–Crippen MR) is 184 cm³/mol. The number of rotatable bonds is 34. The molecule has 0 aromatic carbocycles. The molecule has 0 unspecified atom stereocenters. The van der Waals surface area contributed by atoms with Gasteiger partial charge in [-0.3, -0.25) is 14.1 Å². The highest BCUT2D eigenvalue weighted by molar-refractivity contribution is 7.46. The predicted octanol–water partition coefficient (Wildman–Crippen LogP) is 10.7. The molecule has 0 aliphatic heterocycles. The van der Waals surface area contributed by atoms with Crippen molar-refractivity contribution in [2.24, 2.45) is 0 Å². The third-order valence-electron chi connectivity index (χ3n) is 8.03. The van der Waals surface area contributed by atoms with E-state index in [4.69, 9.17) is 19.3 Å². The fraction of sp³-hybridized carbons (Fsp3) is 0.889. The number of phosphoric acid groups is 1. The van der Waals surface area contributed by atoms with Crippen molar-refractivity contribution in [1.29, 1.82) is 0 Å². The molecule has 45 heavy (non-hydrogen) atoms. The molecule has 0 aliphatic carbocycles. The number of hydrogen-bond donors (Lipinski definition) is 2. The molecule has 0 heterocycles. The minimum atomic E-state index is -4.74. The Labute approximate surface area is 276 Å². The Balaban J connectivity index is 3.96. The van der Waals surface area contributed by atoms with Crippen LogP contribution in [-0.2, 0) is 28.2 Å². The highest BCUT2D eigenvalue weighted by Gasteiger charge is 2.22. The molecule has 2 N–H and O–H groups in total. The summed E-state index contributed by atoms with van der Waals surface area (Å²) in [5.41, 5.74) is 0. The highest BCUT2D eigenvalue weighted by atomic mass is 31.2. The van der Waals surface area contributed by atoms with Crippen LogP contribution in [0.25, 0.3) is 0 Å². The second-order valence-electron chi connectivity index (χ2n) is 12.6. The van der Waals surface area contributed by atoms with Crippen LogP contribution in [-0.4, -0.2) is 41.0 Å². The lowest BCUT2D eigenvalue weighted by Crippen LogP contribution is -2.29. The van der Waals surface area contributed by atoms with Gasteiger partial charge in [0.15, 0.2) is 6.10 Å². The fourth-order valence-electron chi connectivity index (χ4n) is 5.25. The summed E-state index contributed by atoms with van der Waals surface area (Å²) in [6.45, 7) is 3.66. The summed E-state index contributed by atoms with van der Waals surface area (Å²) in [5.74, 6) is -0.888. The third kappa shape index (κ3) is 35.5. The Kier molecular flexibility index (Phi) is 31.8. The standard InChI is InChI=1S/C36H69O8P/c1-3-5-7-9-11-13-15-17-19-21-23-25-27-29-31-36(38)44-34(33-43-45(39,40)41)32-42-35(37)30-28-26-24-22-20-18-16-14-12-10-8-6-4-2/h14,16,34H,3-13,15,17-33H2,1-2H3,(H2,39,40,41)/b16-14-/t34-/m1/s1. The maximum atomic E-state index is 12.3. The molecule has 266 valence electrons. The molecule has 0 radical (unpaired) electrons. The largest absolute Gasteiger partial charge is 0.469 e. The van der Waals surface area contributed by atoms with Gasteiger partial charge in [-0.05, 0) is 38.5 Å². The van der Waals surface area contributed by atoms with E-state index in [1.165, 1.54) is 96.3 Å². The van der Waals surface area contributed by atoms with E-state index in [9.17, 15) is 14.2 Å². The normalized spacial score (nSPS) is 12.5. The summed E-state index contributed by atoms with van der Waals surface area (Å²) in [6, 6.07) is 0. The van der Waals surface area contributed by atoms with Crippen LogP contribution in [0.4, 0.5) is 0 Å². The Morgan fingerprint density at radius 2 is 0.933 bits per heavy atom. The number of carbonyl (C=O) groups excluding carboxylic acids is 2. The first-order valence-electron chi connectivity index (χ1n) is 18.5. The van der Waals surface area contributed by atoms with Crippen molar-refractivity contribution in [2.45, 2.75) is 193 Å². The molecule has 0 bridgehead atoms. The van der Waals surface area contributed by atoms with Gasteiger partial charge in [-0.15, -0.1) is 0 Å². The Hall–Kier alpha value is -1.21. The quantitative estimate of drug-likeness (QED) is 0.0303. The molecule has 0 fully saturated rings. The number of unbranched alkanes of at least 4 members (excludes halogenated alkanes) is 22. The van der Waals surface area contributed by atoms with Gasteiger partial charge in [-0.1, -0.05) is 148 Å². The van der Waals surface area contributed by atoms with Gasteiger partial charge in [0.05, 0.1) is 6.61 Å². The summed E-state index contributed by atoms with van der Waals surface area (Å²) >= 11 is 0. The average molecular weight is 661 g/mol.